The molecule has 156 valence electrons. The lowest BCUT2D eigenvalue weighted by Crippen LogP contribution is -2.44. The Morgan fingerprint density at radius 2 is 1.79 bits per heavy atom. The van der Waals surface area contributed by atoms with Gasteiger partial charge in [-0.2, -0.15) is 0 Å². The maximum absolute atomic E-state index is 12.4. The Kier molecular flexibility index (Phi) is 7.52. The van der Waals surface area contributed by atoms with E-state index in [0.29, 0.717) is 23.9 Å². The fourth-order valence-electron chi connectivity index (χ4n) is 3.46. The van der Waals surface area contributed by atoms with Crippen LogP contribution in [0.2, 0.25) is 0 Å². The molecule has 1 atom stereocenters. The Morgan fingerprint density at radius 3 is 2.48 bits per heavy atom. The molecule has 0 aliphatic carbocycles. The number of para-hydroxylation sites is 1. The normalized spacial score (nSPS) is 17.3. The Balaban J connectivity index is 1.50. The molecule has 2 aromatic rings. The molecule has 29 heavy (non-hydrogen) atoms. The standard InChI is InChI=1S/C22H30N4O2S/c1-2-23-22(24-15-9-17-29(27,28)21-12-7-4-8-13-21)25-19-14-16-26(18-19)20-10-5-3-6-11-20/h3-8,10-13,19H,2,9,14-18H2,1H3,(H2,23,24,25). The van der Waals surface area contributed by atoms with Gasteiger partial charge in [-0.25, -0.2) is 8.42 Å². The second-order valence-electron chi connectivity index (χ2n) is 7.16. The molecule has 0 spiro atoms. The average molecular weight is 415 g/mol. The summed E-state index contributed by atoms with van der Waals surface area (Å²) in [5.74, 6) is 0.856. The van der Waals surface area contributed by atoms with Crippen LogP contribution in [0.1, 0.15) is 19.8 Å². The van der Waals surface area contributed by atoms with Gasteiger partial charge in [-0.15, -0.1) is 0 Å². The van der Waals surface area contributed by atoms with Crippen molar-refractivity contribution in [3.8, 4) is 0 Å². The molecular weight excluding hydrogens is 384 g/mol. The van der Waals surface area contributed by atoms with Gasteiger partial charge in [-0.05, 0) is 44.0 Å². The van der Waals surface area contributed by atoms with Gasteiger partial charge in [0, 0.05) is 37.9 Å². The van der Waals surface area contributed by atoms with Crippen LogP contribution in [0.4, 0.5) is 5.69 Å². The minimum absolute atomic E-state index is 0.102. The second kappa shape index (κ2) is 10.3. The van der Waals surface area contributed by atoms with Crippen molar-refractivity contribution in [1.29, 1.82) is 0 Å². The summed E-state index contributed by atoms with van der Waals surface area (Å²) < 4.78 is 24.7. The summed E-state index contributed by atoms with van der Waals surface area (Å²) in [4.78, 5) is 7.33. The number of aliphatic imine (C=N–C) groups is 1. The Labute approximate surface area is 174 Å². The van der Waals surface area contributed by atoms with E-state index in [1.807, 2.05) is 19.1 Å². The SMILES string of the molecule is CCNC(=NCCCS(=O)(=O)c1ccccc1)NC1CCN(c2ccccc2)C1. The van der Waals surface area contributed by atoms with Crippen molar-refractivity contribution in [2.45, 2.75) is 30.7 Å². The third-order valence-corrected chi connectivity index (χ3v) is 6.75. The van der Waals surface area contributed by atoms with E-state index in [0.717, 1.165) is 32.0 Å². The van der Waals surface area contributed by atoms with E-state index < -0.39 is 9.84 Å². The molecular formula is C22H30N4O2S. The first kappa shape index (κ1) is 21.2. The molecule has 0 saturated carbocycles. The number of anilines is 1. The summed E-state index contributed by atoms with van der Waals surface area (Å²) >= 11 is 0. The topological polar surface area (TPSA) is 73.8 Å². The lowest BCUT2D eigenvalue weighted by Gasteiger charge is -2.20. The summed E-state index contributed by atoms with van der Waals surface area (Å²) in [6.07, 6.45) is 1.54. The van der Waals surface area contributed by atoms with Crippen molar-refractivity contribution >= 4 is 21.5 Å². The quantitative estimate of drug-likeness (QED) is 0.395. The van der Waals surface area contributed by atoms with Crippen molar-refractivity contribution in [1.82, 2.24) is 10.6 Å². The number of nitrogens with zero attached hydrogens (tertiary/aromatic N) is 2. The number of hydrogen-bond donors (Lipinski definition) is 2. The van der Waals surface area contributed by atoms with Crippen molar-refractivity contribution in [3.05, 3.63) is 60.7 Å². The average Bonchev–Trinajstić information content (AvgIpc) is 3.21. The highest BCUT2D eigenvalue weighted by molar-refractivity contribution is 7.91. The smallest absolute Gasteiger partial charge is 0.191 e. The van der Waals surface area contributed by atoms with Crippen LogP contribution in [0, 0.1) is 0 Å². The van der Waals surface area contributed by atoms with Crippen molar-refractivity contribution in [3.63, 3.8) is 0 Å². The van der Waals surface area contributed by atoms with Crippen LogP contribution in [0.15, 0.2) is 70.6 Å². The molecule has 2 N–H and O–H groups in total. The zero-order chi connectivity index (χ0) is 20.5. The fraction of sp³-hybridized carbons (Fsp3) is 0.409. The molecule has 1 fully saturated rings. The summed E-state index contributed by atoms with van der Waals surface area (Å²) in [5.41, 5.74) is 1.24. The zero-order valence-electron chi connectivity index (χ0n) is 16.9. The van der Waals surface area contributed by atoms with Crippen LogP contribution in [-0.4, -0.2) is 52.4 Å². The summed E-state index contributed by atoms with van der Waals surface area (Å²) in [6, 6.07) is 19.3. The van der Waals surface area contributed by atoms with E-state index in [2.05, 4.69) is 44.8 Å². The van der Waals surface area contributed by atoms with Gasteiger partial charge in [0.2, 0.25) is 0 Å². The van der Waals surface area contributed by atoms with Crippen molar-refractivity contribution in [2.24, 2.45) is 4.99 Å². The molecule has 3 rings (SSSR count). The molecule has 6 nitrogen and oxygen atoms in total. The monoisotopic (exact) mass is 414 g/mol. The number of sulfone groups is 1. The third kappa shape index (κ3) is 6.22. The predicted octanol–water partition coefficient (Wildman–Crippen LogP) is 2.68. The number of nitrogens with one attached hydrogen (secondary N) is 2. The van der Waals surface area contributed by atoms with E-state index in [4.69, 9.17) is 0 Å². The molecule has 0 aromatic heterocycles. The minimum atomic E-state index is -3.25. The number of guanidine groups is 1. The van der Waals surface area contributed by atoms with E-state index in [1.165, 1.54) is 5.69 Å². The maximum Gasteiger partial charge on any atom is 0.191 e. The van der Waals surface area contributed by atoms with E-state index in [9.17, 15) is 8.42 Å². The van der Waals surface area contributed by atoms with Crippen LogP contribution < -0.4 is 15.5 Å². The number of hydrogen-bond acceptors (Lipinski definition) is 4. The van der Waals surface area contributed by atoms with Gasteiger partial charge in [0.05, 0.1) is 10.6 Å². The third-order valence-electron chi connectivity index (χ3n) is 4.94. The van der Waals surface area contributed by atoms with E-state index in [-0.39, 0.29) is 5.75 Å². The maximum atomic E-state index is 12.4. The van der Waals surface area contributed by atoms with Crippen LogP contribution in [-0.2, 0) is 9.84 Å². The molecule has 2 aromatic carbocycles. The molecule has 7 heteroatoms. The Morgan fingerprint density at radius 1 is 1.10 bits per heavy atom. The highest BCUT2D eigenvalue weighted by Gasteiger charge is 2.23. The number of benzene rings is 2. The molecule has 1 saturated heterocycles. The van der Waals surface area contributed by atoms with Crippen LogP contribution in [0.3, 0.4) is 0 Å². The lowest BCUT2D eigenvalue weighted by atomic mass is 10.3. The van der Waals surface area contributed by atoms with Gasteiger partial charge < -0.3 is 15.5 Å². The number of rotatable bonds is 8. The molecule has 0 bridgehead atoms. The molecule has 1 aliphatic rings. The molecule has 0 radical (unpaired) electrons. The summed E-state index contributed by atoms with van der Waals surface area (Å²) in [5, 5.41) is 6.76. The Hall–Kier alpha value is -2.54. The minimum Gasteiger partial charge on any atom is -0.369 e. The van der Waals surface area contributed by atoms with Gasteiger partial charge in [0.1, 0.15) is 0 Å². The Bertz CT molecular complexity index is 886. The lowest BCUT2D eigenvalue weighted by molar-refractivity contribution is 0.593. The van der Waals surface area contributed by atoms with Gasteiger partial charge in [0.15, 0.2) is 15.8 Å². The zero-order valence-corrected chi connectivity index (χ0v) is 17.7. The second-order valence-corrected chi connectivity index (χ2v) is 9.27. The van der Waals surface area contributed by atoms with E-state index >= 15 is 0 Å². The van der Waals surface area contributed by atoms with Crippen LogP contribution in [0.5, 0.6) is 0 Å². The van der Waals surface area contributed by atoms with Gasteiger partial charge in [-0.1, -0.05) is 36.4 Å². The first-order valence-electron chi connectivity index (χ1n) is 10.2. The van der Waals surface area contributed by atoms with Crippen molar-refractivity contribution in [2.75, 3.05) is 36.8 Å². The first-order chi connectivity index (χ1) is 14.1. The highest BCUT2D eigenvalue weighted by Crippen LogP contribution is 2.19. The molecule has 1 aliphatic heterocycles. The largest absolute Gasteiger partial charge is 0.369 e. The van der Waals surface area contributed by atoms with E-state index in [1.54, 1.807) is 24.3 Å². The van der Waals surface area contributed by atoms with Gasteiger partial charge in [-0.3, -0.25) is 4.99 Å². The van der Waals surface area contributed by atoms with Crippen LogP contribution in [0.25, 0.3) is 0 Å². The summed E-state index contributed by atoms with van der Waals surface area (Å²) in [6.45, 7) is 5.20. The predicted molar refractivity (Wildman–Crippen MR) is 119 cm³/mol. The van der Waals surface area contributed by atoms with Gasteiger partial charge >= 0.3 is 0 Å². The molecule has 1 heterocycles. The van der Waals surface area contributed by atoms with Crippen molar-refractivity contribution < 1.29 is 8.42 Å². The fourth-order valence-corrected chi connectivity index (χ4v) is 4.77. The van der Waals surface area contributed by atoms with Crippen LogP contribution >= 0.6 is 0 Å². The summed E-state index contributed by atoms with van der Waals surface area (Å²) in [7, 11) is -3.25. The highest BCUT2D eigenvalue weighted by atomic mass is 32.2. The van der Waals surface area contributed by atoms with Gasteiger partial charge in [0.25, 0.3) is 0 Å². The molecule has 0 amide bonds. The molecule has 1 unspecified atom stereocenters. The first-order valence-corrected chi connectivity index (χ1v) is 11.9.